The van der Waals surface area contributed by atoms with Crippen LogP contribution in [0.15, 0.2) is 71.9 Å². The van der Waals surface area contributed by atoms with Crippen LogP contribution in [-0.4, -0.2) is 34.7 Å². The molecule has 4 heterocycles. The molecule has 1 aliphatic rings. The van der Waals surface area contributed by atoms with Gasteiger partial charge in [-0.25, -0.2) is 9.37 Å². The largest absolute Gasteiger partial charge is 0.340 e. The molecule has 0 aliphatic carbocycles. The fraction of sp³-hybridized carbons (Fsp3) is 0.125. The highest BCUT2D eigenvalue weighted by Crippen LogP contribution is 2.34. The predicted molar refractivity (Wildman–Crippen MR) is 124 cm³/mol. The number of rotatable bonds is 4. The molecule has 1 atom stereocenters. The highest BCUT2D eigenvalue weighted by atomic mass is 35.5. The van der Waals surface area contributed by atoms with Gasteiger partial charge in [0.15, 0.2) is 0 Å². The molecule has 5 aromatic rings. The molecule has 0 fully saturated rings. The lowest BCUT2D eigenvalue weighted by Gasteiger charge is -2.15. The Balaban J connectivity index is 1.40. The van der Waals surface area contributed by atoms with Gasteiger partial charge in [0.25, 0.3) is 5.56 Å². The van der Waals surface area contributed by atoms with Gasteiger partial charge >= 0.3 is 0 Å². The molecule has 1 aliphatic heterocycles. The van der Waals surface area contributed by atoms with Gasteiger partial charge in [-0.3, -0.25) is 4.79 Å². The third kappa shape index (κ3) is 3.41. The van der Waals surface area contributed by atoms with E-state index in [0.717, 1.165) is 16.8 Å². The number of hydrogen-bond donors (Lipinski definition) is 1. The number of fused-ring (bicyclic) bond motifs is 1. The average molecular weight is 474 g/mol. The standard InChI is InChI=1S/C24H17ClFN7O/c25-15-5-7-21(32-13-28-30-31-32)18(11-15)14-9-16-6-8-22(33(16)23(34)10-14)24-27-12-20(29-24)17-3-1-2-4-19(17)26/h1-5,7,9-13,22H,6,8H2,(H,27,29)/t22-/m0/s1. The van der Waals surface area contributed by atoms with E-state index in [1.165, 1.54) is 17.1 Å². The van der Waals surface area contributed by atoms with Crippen molar-refractivity contribution in [2.75, 3.05) is 0 Å². The molecule has 3 aromatic heterocycles. The summed E-state index contributed by atoms with van der Waals surface area (Å²) in [5, 5.41) is 11.9. The van der Waals surface area contributed by atoms with Crippen molar-refractivity contribution in [1.29, 1.82) is 0 Å². The van der Waals surface area contributed by atoms with Crippen LogP contribution in [-0.2, 0) is 6.42 Å². The smallest absolute Gasteiger partial charge is 0.252 e. The van der Waals surface area contributed by atoms with E-state index in [9.17, 15) is 9.18 Å². The molecule has 0 spiro atoms. The van der Waals surface area contributed by atoms with Gasteiger partial charge in [-0.1, -0.05) is 23.7 Å². The van der Waals surface area contributed by atoms with E-state index >= 15 is 0 Å². The summed E-state index contributed by atoms with van der Waals surface area (Å²) < 4.78 is 17.5. The normalized spacial score (nSPS) is 14.9. The topological polar surface area (TPSA) is 94.3 Å². The maximum atomic E-state index is 14.2. The van der Waals surface area contributed by atoms with Crippen LogP contribution in [0.1, 0.15) is 24.0 Å². The molecule has 168 valence electrons. The fourth-order valence-corrected chi connectivity index (χ4v) is 4.71. The number of pyridine rings is 1. The first-order valence-corrected chi connectivity index (χ1v) is 11.0. The molecule has 0 unspecified atom stereocenters. The van der Waals surface area contributed by atoms with Gasteiger partial charge in [-0.15, -0.1) is 5.10 Å². The summed E-state index contributed by atoms with van der Waals surface area (Å²) in [5.41, 5.74) is 3.96. The van der Waals surface area contributed by atoms with Crippen LogP contribution >= 0.6 is 11.6 Å². The molecule has 34 heavy (non-hydrogen) atoms. The van der Waals surface area contributed by atoms with Crippen molar-refractivity contribution in [3.8, 4) is 28.1 Å². The summed E-state index contributed by atoms with van der Waals surface area (Å²) in [4.78, 5) is 21.0. The maximum Gasteiger partial charge on any atom is 0.252 e. The number of halogens is 2. The predicted octanol–water partition coefficient (Wildman–Crippen LogP) is 4.21. The van der Waals surface area contributed by atoms with Gasteiger partial charge in [-0.05, 0) is 65.2 Å². The van der Waals surface area contributed by atoms with Crippen molar-refractivity contribution >= 4 is 11.6 Å². The van der Waals surface area contributed by atoms with Crippen molar-refractivity contribution in [2.24, 2.45) is 0 Å². The Morgan fingerprint density at radius 1 is 1.09 bits per heavy atom. The third-order valence-electron chi connectivity index (χ3n) is 6.07. The van der Waals surface area contributed by atoms with E-state index < -0.39 is 0 Å². The minimum absolute atomic E-state index is 0.151. The molecule has 0 bridgehead atoms. The number of benzene rings is 2. The summed E-state index contributed by atoms with van der Waals surface area (Å²) in [6, 6.07) is 15.2. The monoisotopic (exact) mass is 473 g/mol. The molecule has 0 saturated heterocycles. The zero-order valence-electron chi connectivity index (χ0n) is 17.7. The van der Waals surface area contributed by atoms with Gasteiger partial charge in [0.2, 0.25) is 0 Å². The minimum Gasteiger partial charge on any atom is -0.340 e. The molecule has 1 N–H and O–H groups in total. The van der Waals surface area contributed by atoms with E-state index in [1.807, 2.05) is 12.1 Å². The molecular formula is C24H17ClFN7O. The van der Waals surface area contributed by atoms with Gasteiger partial charge in [0.1, 0.15) is 18.0 Å². The van der Waals surface area contributed by atoms with Crippen LogP contribution in [0.25, 0.3) is 28.1 Å². The lowest BCUT2D eigenvalue weighted by molar-refractivity contribution is 0.572. The van der Waals surface area contributed by atoms with E-state index in [0.29, 0.717) is 40.6 Å². The Labute approximate surface area is 197 Å². The fourth-order valence-electron chi connectivity index (χ4n) is 4.54. The van der Waals surface area contributed by atoms with Crippen molar-refractivity contribution in [1.82, 2.24) is 34.7 Å². The SMILES string of the molecule is O=c1cc(-c2cc(Cl)ccc2-n2cnnn2)cc2n1[C@H](c1ncc(-c3ccccc3F)[nH]1)CC2. The average Bonchev–Trinajstić information content (AvgIpc) is 3.60. The summed E-state index contributed by atoms with van der Waals surface area (Å²) in [6.07, 6.45) is 4.51. The van der Waals surface area contributed by atoms with E-state index in [2.05, 4.69) is 25.5 Å². The van der Waals surface area contributed by atoms with Gasteiger partial charge in [0.05, 0.1) is 23.6 Å². The summed E-state index contributed by atoms with van der Waals surface area (Å²) in [5.74, 6) is 0.301. The minimum atomic E-state index is -0.328. The number of nitrogens with zero attached hydrogens (tertiary/aromatic N) is 6. The second-order valence-corrected chi connectivity index (χ2v) is 8.51. The first-order chi connectivity index (χ1) is 16.6. The number of aromatic amines is 1. The Kier molecular flexibility index (Phi) is 4.84. The quantitative estimate of drug-likeness (QED) is 0.422. The van der Waals surface area contributed by atoms with Crippen molar-refractivity contribution in [2.45, 2.75) is 18.9 Å². The maximum absolute atomic E-state index is 14.2. The lowest BCUT2D eigenvalue weighted by atomic mass is 10.0. The first kappa shape index (κ1) is 20.5. The molecule has 8 nitrogen and oxygen atoms in total. The Hall–Kier alpha value is -4.11. The highest BCUT2D eigenvalue weighted by Gasteiger charge is 2.28. The molecule has 0 radical (unpaired) electrons. The van der Waals surface area contributed by atoms with Crippen molar-refractivity contribution < 1.29 is 4.39 Å². The van der Waals surface area contributed by atoms with Crippen LogP contribution in [0.5, 0.6) is 0 Å². The van der Waals surface area contributed by atoms with Crippen LogP contribution in [0.2, 0.25) is 5.02 Å². The number of imidazole rings is 1. The Bertz CT molecular complexity index is 1570. The number of nitrogens with one attached hydrogen (secondary N) is 1. The molecular weight excluding hydrogens is 457 g/mol. The van der Waals surface area contributed by atoms with Gasteiger partial charge in [-0.2, -0.15) is 4.68 Å². The second kappa shape index (κ2) is 8.03. The zero-order chi connectivity index (χ0) is 23.2. The van der Waals surface area contributed by atoms with Crippen LogP contribution in [0.3, 0.4) is 0 Å². The summed E-state index contributed by atoms with van der Waals surface area (Å²) in [7, 11) is 0. The second-order valence-electron chi connectivity index (χ2n) is 8.08. The first-order valence-electron chi connectivity index (χ1n) is 10.7. The summed E-state index contributed by atoms with van der Waals surface area (Å²) in [6.45, 7) is 0. The molecule has 0 amide bonds. The van der Waals surface area contributed by atoms with Crippen molar-refractivity contribution in [3.05, 3.63) is 99.8 Å². The highest BCUT2D eigenvalue weighted by molar-refractivity contribution is 6.31. The van der Waals surface area contributed by atoms with E-state index in [1.54, 1.807) is 47.2 Å². The van der Waals surface area contributed by atoms with Gasteiger partial charge in [0, 0.05) is 27.9 Å². The van der Waals surface area contributed by atoms with Crippen LogP contribution in [0.4, 0.5) is 4.39 Å². The van der Waals surface area contributed by atoms with Crippen molar-refractivity contribution in [3.63, 3.8) is 0 Å². The van der Waals surface area contributed by atoms with Crippen LogP contribution < -0.4 is 5.56 Å². The Morgan fingerprint density at radius 3 is 2.79 bits per heavy atom. The number of hydrogen-bond acceptors (Lipinski definition) is 5. The molecule has 10 heteroatoms. The number of H-pyrrole nitrogens is 1. The number of aromatic nitrogens is 7. The lowest BCUT2D eigenvalue weighted by Crippen LogP contribution is -2.23. The summed E-state index contributed by atoms with van der Waals surface area (Å²) >= 11 is 6.27. The Morgan fingerprint density at radius 2 is 1.97 bits per heavy atom. The zero-order valence-corrected chi connectivity index (χ0v) is 18.4. The van der Waals surface area contributed by atoms with E-state index in [-0.39, 0.29) is 17.4 Å². The molecule has 2 aromatic carbocycles. The number of aryl methyl sites for hydroxylation is 1. The molecule has 6 rings (SSSR count). The molecule has 0 saturated carbocycles. The van der Waals surface area contributed by atoms with Gasteiger partial charge < -0.3 is 9.55 Å². The van der Waals surface area contributed by atoms with E-state index in [4.69, 9.17) is 11.6 Å². The third-order valence-corrected chi connectivity index (χ3v) is 6.31. The van der Waals surface area contributed by atoms with Crippen LogP contribution in [0, 0.1) is 5.82 Å². The number of tetrazole rings is 1.